The lowest BCUT2D eigenvalue weighted by molar-refractivity contribution is -0.115. The molecule has 6 heteroatoms. The van der Waals surface area contributed by atoms with E-state index < -0.39 is 11.9 Å². The molecule has 1 N–H and O–H groups in total. The molecule has 1 aromatic heterocycles. The van der Waals surface area contributed by atoms with Crippen LogP contribution in [-0.2, 0) is 9.53 Å². The summed E-state index contributed by atoms with van der Waals surface area (Å²) in [6, 6.07) is 3.33. The van der Waals surface area contributed by atoms with E-state index in [-0.39, 0.29) is 13.0 Å². The van der Waals surface area contributed by atoms with Crippen molar-refractivity contribution in [3.8, 4) is 6.07 Å². The zero-order chi connectivity index (χ0) is 12.0. The third kappa shape index (κ3) is 3.07. The standard InChI is InChI=1S/C10H10N2O3S/c1-2-15-10(14)9-7(4-6-16-9)12-8(13)3-5-11/h4,6H,2-3H2,1H3,(H,12,13). The van der Waals surface area contributed by atoms with Crippen molar-refractivity contribution in [2.75, 3.05) is 11.9 Å². The Morgan fingerprint density at radius 3 is 3.00 bits per heavy atom. The molecular formula is C10H10N2O3S. The molecule has 0 aromatic carbocycles. The summed E-state index contributed by atoms with van der Waals surface area (Å²) in [7, 11) is 0. The van der Waals surface area contributed by atoms with E-state index in [0.29, 0.717) is 10.6 Å². The summed E-state index contributed by atoms with van der Waals surface area (Å²) in [5.41, 5.74) is 0.392. The maximum atomic E-state index is 11.4. The molecule has 0 aliphatic rings. The van der Waals surface area contributed by atoms with Gasteiger partial charge >= 0.3 is 5.97 Å². The molecule has 0 spiro atoms. The van der Waals surface area contributed by atoms with Crippen molar-refractivity contribution in [2.24, 2.45) is 0 Å². The minimum absolute atomic E-state index is 0.238. The molecule has 0 aliphatic carbocycles. The molecule has 84 valence electrons. The van der Waals surface area contributed by atoms with Crippen molar-refractivity contribution in [3.05, 3.63) is 16.3 Å². The summed E-state index contributed by atoms with van der Waals surface area (Å²) in [4.78, 5) is 22.9. The zero-order valence-corrected chi connectivity index (χ0v) is 9.47. The van der Waals surface area contributed by atoms with Gasteiger partial charge in [-0.15, -0.1) is 11.3 Å². The quantitative estimate of drug-likeness (QED) is 0.811. The minimum atomic E-state index is -0.468. The molecule has 0 aliphatic heterocycles. The third-order valence-corrected chi connectivity index (χ3v) is 2.53. The maximum Gasteiger partial charge on any atom is 0.350 e. The van der Waals surface area contributed by atoms with E-state index in [4.69, 9.17) is 10.00 Å². The number of nitriles is 1. The fraction of sp³-hybridized carbons (Fsp3) is 0.300. The highest BCUT2D eigenvalue weighted by atomic mass is 32.1. The average Bonchev–Trinajstić information content (AvgIpc) is 2.66. The molecule has 1 amide bonds. The number of ether oxygens (including phenoxy) is 1. The van der Waals surface area contributed by atoms with E-state index in [9.17, 15) is 9.59 Å². The molecule has 0 saturated carbocycles. The van der Waals surface area contributed by atoms with Gasteiger partial charge in [0.05, 0.1) is 18.4 Å². The van der Waals surface area contributed by atoms with Crippen LogP contribution in [0.15, 0.2) is 11.4 Å². The van der Waals surface area contributed by atoms with Crippen LogP contribution in [0.5, 0.6) is 0 Å². The van der Waals surface area contributed by atoms with Crippen LogP contribution in [0.3, 0.4) is 0 Å². The summed E-state index contributed by atoms with van der Waals surface area (Å²) in [6.07, 6.45) is -0.238. The minimum Gasteiger partial charge on any atom is -0.462 e. The van der Waals surface area contributed by atoms with Gasteiger partial charge in [0.25, 0.3) is 0 Å². The molecule has 1 rings (SSSR count). The van der Waals surface area contributed by atoms with E-state index >= 15 is 0 Å². The molecule has 16 heavy (non-hydrogen) atoms. The molecule has 0 radical (unpaired) electrons. The second-order valence-electron chi connectivity index (χ2n) is 2.77. The van der Waals surface area contributed by atoms with Crippen LogP contribution in [-0.4, -0.2) is 18.5 Å². The van der Waals surface area contributed by atoms with Crippen molar-refractivity contribution < 1.29 is 14.3 Å². The zero-order valence-electron chi connectivity index (χ0n) is 8.65. The third-order valence-electron chi connectivity index (χ3n) is 1.64. The Morgan fingerprint density at radius 1 is 1.62 bits per heavy atom. The van der Waals surface area contributed by atoms with Crippen LogP contribution < -0.4 is 5.32 Å². The molecular weight excluding hydrogens is 228 g/mol. The van der Waals surface area contributed by atoms with Crippen molar-refractivity contribution in [2.45, 2.75) is 13.3 Å². The topological polar surface area (TPSA) is 79.2 Å². The monoisotopic (exact) mass is 238 g/mol. The Kier molecular flexibility index (Phi) is 4.48. The number of esters is 1. The van der Waals surface area contributed by atoms with Gasteiger partial charge in [-0.3, -0.25) is 4.79 Å². The van der Waals surface area contributed by atoms with Gasteiger partial charge in [0.15, 0.2) is 0 Å². The van der Waals surface area contributed by atoms with E-state index in [2.05, 4.69) is 5.32 Å². The largest absolute Gasteiger partial charge is 0.462 e. The lowest BCUT2D eigenvalue weighted by Crippen LogP contribution is -2.13. The Labute approximate surface area is 96.6 Å². The van der Waals surface area contributed by atoms with Gasteiger partial charge < -0.3 is 10.1 Å². The van der Waals surface area contributed by atoms with Crippen molar-refractivity contribution in [1.82, 2.24) is 0 Å². The first-order chi connectivity index (χ1) is 7.69. The van der Waals surface area contributed by atoms with Crippen molar-refractivity contribution in [1.29, 1.82) is 5.26 Å². The highest BCUT2D eigenvalue weighted by Gasteiger charge is 2.15. The number of carbonyl (C=O) groups excluding carboxylic acids is 2. The number of anilines is 1. The molecule has 0 fully saturated rings. The fourth-order valence-corrected chi connectivity index (χ4v) is 1.77. The second kappa shape index (κ2) is 5.88. The lowest BCUT2D eigenvalue weighted by atomic mass is 10.3. The first-order valence-corrected chi connectivity index (χ1v) is 5.48. The fourth-order valence-electron chi connectivity index (χ4n) is 1.03. The van der Waals surface area contributed by atoms with Gasteiger partial charge in [-0.2, -0.15) is 5.26 Å². The highest BCUT2D eigenvalue weighted by Crippen LogP contribution is 2.23. The Balaban J connectivity index is 2.75. The van der Waals surface area contributed by atoms with Crippen LogP contribution >= 0.6 is 11.3 Å². The number of rotatable bonds is 4. The molecule has 1 aromatic rings. The molecule has 0 unspecified atom stereocenters. The Hall–Kier alpha value is -1.87. The van der Waals surface area contributed by atoms with E-state index in [1.165, 1.54) is 11.3 Å². The smallest absolute Gasteiger partial charge is 0.350 e. The average molecular weight is 238 g/mol. The van der Waals surface area contributed by atoms with Crippen LogP contribution in [0, 0.1) is 11.3 Å². The summed E-state index contributed by atoms with van der Waals surface area (Å²) >= 11 is 1.19. The number of nitrogens with zero attached hydrogens (tertiary/aromatic N) is 1. The first kappa shape index (κ1) is 12.2. The first-order valence-electron chi connectivity index (χ1n) is 4.60. The summed E-state index contributed by atoms with van der Waals surface area (Å²) in [6.45, 7) is 1.99. The summed E-state index contributed by atoms with van der Waals surface area (Å²) in [5, 5.41) is 12.5. The summed E-state index contributed by atoms with van der Waals surface area (Å²) < 4.78 is 4.82. The number of thiophene rings is 1. The Morgan fingerprint density at radius 2 is 2.38 bits per heavy atom. The van der Waals surface area contributed by atoms with Gasteiger partial charge in [-0.1, -0.05) is 0 Å². The number of amides is 1. The van der Waals surface area contributed by atoms with E-state index in [1.807, 2.05) is 0 Å². The maximum absolute atomic E-state index is 11.4. The van der Waals surface area contributed by atoms with Crippen molar-refractivity contribution >= 4 is 28.9 Å². The second-order valence-corrected chi connectivity index (χ2v) is 3.68. The molecule has 5 nitrogen and oxygen atoms in total. The van der Waals surface area contributed by atoms with Crippen LogP contribution in [0.4, 0.5) is 5.69 Å². The molecule has 1 heterocycles. The number of carbonyl (C=O) groups is 2. The van der Waals surface area contributed by atoms with Crippen LogP contribution in [0.2, 0.25) is 0 Å². The van der Waals surface area contributed by atoms with E-state index in [0.717, 1.165) is 0 Å². The molecule has 0 saturated heterocycles. The van der Waals surface area contributed by atoms with Gasteiger partial charge in [-0.25, -0.2) is 4.79 Å². The lowest BCUT2D eigenvalue weighted by Gasteiger charge is -2.03. The predicted octanol–water partition coefficient (Wildman–Crippen LogP) is 1.78. The highest BCUT2D eigenvalue weighted by molar-refractivity contribution is 7.12. The predicted molar refractivity (Wildman–Crippen MR) is 59.1 cm³/mol. The number of hydrogen-bond donors (Lipinski definition) is 1. The normalized spacial score (nSPS) is 9.25. The molecule has 0 atom stereocenters. The van der Waals surface area contributed by atoms with E-state index in [1.54, 1.807) is 24.4 Å². The summed E-state index contributed by atoms with van der Waals surface area (Å²) in [5.74, 6) is -0.906. The van der Waals surface area contributed by atoms with Gasteiger partial charge in [0.2, 0.25) is 5.91 Å². The van der Waals surface area contributed by atoms with Gasteiger partial charge in [0, 0.05) is 0 Å². The Bertz CT molecular complexity index is 434. The van der Waals surface area contributed by atoms with Crippen LogP contribution in [0.25, 0.3) is 0 Å². The van der Waals surface area contributed by atoms with Crippen molar-refractivity contribution in [3.63, 3.8) is 0 Å². The number of hydrogen-bond acceptors (Lipinski definition) is 5. The van der Waals surface area contributed by atoms with Gasteiger partial charge in [0.1, 0.15) is 11.3 Å². The number of nitrogens with one attached hydrogen (secondary N) is 1. The van der Waals surface area contributed by atoms with Gasteiger partial charge in [-0.05, 0) is 18.4 Å². The SMILES string of the molecule is CCOC(=O)c1sccc1NC(=O)CC#N. The van der Waals surface area contributed by atoms with Crippen LogP contribution in [0.1, 0.15) is 23.0 Å². The molecule has 0 bridgehead atoms.